The molecule has 1 aliphatic rings. The predicted octanol–water partition coefficient (Wildman–Crippen LogP) is 0.0222. The van der Waals surface area contributed by atoms with Crippen molar-refractivity contribution in [1.82, 2.24) is 9.78 Å². The smallest absolute Gasteiger partial charge is 0.228 e. The first kappa shape index (κ1) is 13.3. The summed E-state index contributed by atoms with van der Waals surface area (Å²) in [5.74, 6) is 0.126. The van der Waals surface area contributed by atoms with E-state index in [0.717, 1.165) is 12.8 Å². The molecule has 1 aromatic heterocycles. The van der Waals surface area contributed by atoms with Gasteiger partial charge in [0, 0.05) is 13.7 Å². The summed E-state index contributed by atoms with van der Waals surface area (Å²) in [6.45, 7) is 0.707. The van der Waals surface area contributed by atoms with Crippen molar-refractivity contribution in [2.45, 2.75) is 25.4 Å². The van der Waals surface area contributed by atoms with Gasteiger partial charge in [-0.3, -0.25) is 9.48 Å². The minimum absolute atomic E-state index is 0.0273. The van der Waals surface area contributed by atoms with E-state index in [0.29, 0.717) is 24.4 Å². The van der Waals surface area contributed by atoms with Crippen LogP contribution in [-0.4, -0.2) is 39.4 Å². The van der Waals surface area contributed by atoms with E-state index in [2.05, 4.69) is 15.6 Å². The highest BCUT2D eigenvalue weighted by Crippen LogP contribution is 2.18. The van der Waals surface area contributed by atoms with E-state index in [9.17, 15) is 4.79 Å². The van der Waals surface area contributed by atoms with Crippen LogP contribution in [0.15, 0.2) is 11.4 Å². The van der Waals surface area contributed by atoms with Crippen LogP contribution in [0.3, 0.4) is 0 Å². The molecule has 0 aliphatic carbocycles. The number of amides is 1. The van der Waals surface area contributed by atoms with Gasteiger partial charge in [-0.1, -0.05) is 5.16 Å². The van der Waals surface area contributed by atoms with E-state index in [4.69, 9.17) is 15.7 Å². The summed E-state index contributed by atoms with van der Waals surface area (Å²) in [6, 6.07) is 0. The number of nitrogens with two attached hydrogens (primary N) is 1. The highest BCUT2D eigenvalue weighted by atomic mass is 16.5. The van der Waals surface area contributed by atoms with Crippen LogP contribution in [0.2, 0.25) is 0 Å². The molecule has 1 aromatic rings. The van der Waals surface area contributed by atoms with E-state index >= 15 is 0 Å². The predicted molar refractivity (Wildman–Crippen MR) is 67.9 cm³/mol. The number of amidine groups is 1. The number of aryl methyl sites for hydroxylation is 1. The molecule has 1 saturated heterocycles. The van der Waals surface area contributed by atoms with E-state index in [1.54, 1.807) is 7.05 Å². The van der Waals surface area contributed by atoms with Crippen LogP contribution >= 0.6 is 0 Å². The summed E-state index contributed by atoms with van der Waals surface area (Å²) >= 11 is 0. The number of nitrogens with zero attached hydrogens (tertiary/aromatic N) is 3. The summed E-state index contributed by atoms with van der Waals surface area (Å²) < 4.78 is 6.86. The van der Waals surface area contributed by atoms with Gasteiger partial charge in [0.1, 0.15) is 5.82 Å². The number of carbonyl (C=O) groups excluding carboxylic acids is 1. The Morgan fingerprint density at radius 1 is 1.79 bits per heavy atom. The molecule has 0 aromatic carbocycles. The van der Waals surface area contributed by atoms with Gasteiger partial charge in [-0.05, 0) is 12.8 Å². The molecule has 4 N–H and O–H groups in total. The number of nitrogens with one attached hydrogen (secondary N) is 1. The van der Waals surface area contributed by atoms with E-state index < -0.39 is 0 Å². The van der Waals surface area contributed by atoms with Crippen LogP contribution in [0.4, 0.5) is 5.82 Å². The first-order chi connectivity index (χ1) is 9.11. The van der Waals surface area contributed by atoms with Crippen LogP contribution in [0, 0.1) is 0 Å². The van der Waals surface area contributed by atoms with E-state index in [-0.39, 0.29) is 17.8 Å². The highest BCUT2D eigenvalue weighted by Gasteiger charge is 2.21. The van der Waals surface area contributed by atoms with Gasteiger partial charge in [0.15, 0.2) is 5.84 Å². The summed E-state index contributed by atoms with van der Waals surface area (Å²) in [5.41, 5.74) is 5.90. The monoisotopic (exact) mass is 267 g/mol. The van der Waals surface area contributed by atoms with Crippen LogP contribution in [0.25, 0.3) is 0 Å². The molecular weight excluding hydrogens is 250 g/mol. The van der Waals surface area contributed by atoms with Crippen molar-refractivity contribution in [2.75, 3.05) is 11.9 Å². The second-order valence-corrected chi connectivity index (χ2v) is 4.40. The van der Waals surface area contributed by atoms with Crippen molar-refractivity contribution in [3.63, 3.8) is 0 Å². The molecular formula is C11H17N5O3. The minimum atomic E-state index is -0.178. The number of oxime groups is 1. The zero-order valence-electron chi connectivity index (χ0n) is 10.7. The first-order valence-corrected chi connectivity index (χ1v) is 6.03. The molecule has 1 amide bonds. The number of hydrogen-bond donors (Lipinski definition) is 3. The first-order valence-electron chi connectivity index (χ1n) is 6.03. The fraction of sp³-hybridized carbons (Fsp3) is 0.545. The largest absolute Gasteiger partial charge is 0.409 e. The van der Waals surface area contributed by atoms with Crippen molar-refractivity contribution in [2.24, 2.45) is 17.9 Å². The highest BCUT2D eigenvalue weighted by molar-refractivity contribution is 6.04. The summed E-state index contributed by atoms with van der Waals surface area (Å²) in [6.07, 6.45) is 3.57. The Kier molecular flexibility index (Phi) is 4.00. The van der Waals surface area contributed by atoms with Crippen molar-refractivity contribution in [3.05, 3.63) is 11.8 Å². The Hall–Kier alpha value is -2.09. The van der Waals surface area contributed by atoms with Crippen molar-refractivity contribution in [1.29, 1.82) is 0 Å². The zero-order chi connectivity index (χ0) is 13.8. The van der Waals surface area contributed by atoms with Gasteiger partial charge in [0.05, 0.1) is 24.3 Å². The van der Waals surface area contributed by atoms with Crippen molar-refractivity contribution < 1.29 is 14.7 Å². The molecule has 0 saturated carbocycles. The van der Waals surface area contributed by atoms with Gasteiger partial charge in [-0.2, -0.15) is 5.10 Å². The Bertz CT molecular complexity index is 491. The standard InChI is InChI=1S/C11H17N5O3/c1-16-11(8(6-13-16)10(12)15-18)14-9(17)5-7-3-2-4-19-7/h6-7,18H,2-5H2,1H3,(H2,12,15)(H,14,17). The van der Waals surface area contributed by atoms with Crippen molar-refractivity contribution >= 4 is 17.6 Å². The number of carbonyl (C=O) groups is 1. The lowest BCUT2D eigenvalue weighted by Crippen LogP contribution is -2.23. The van der Waals surface area contributed by atoms with Gasteiger partial charge in [-0.15, -0.1) is 0 Å². The molecule has 104 valence electrons. The summed E-state index contributed by atoms with van der Waals surface area (Å²) in [7, 11) is 1.66. The third-order valence-corrected chi connectivity index (χ3v) is 3.02. The van der Waals surface area contributed by atoms with E-state index in [1.165, 1.54) is 10.9 Å². The second-order valence-electron chi connectivity index (χ2n) is 4.40. The zero-order valence-corrected chi connectivity index (χ0v) is 10.7. The quantitative estimate of drug-likeness (QED) is 0.308. The van der Waals surface area contributed by atoms with Gasteiger partial charge in [-0.25, -0.2) is 0 Å². The molecule has 19 heavy (non-hydrogen) atoms. The number of ether oxygens (including phenoxy) is 1. The van der Waals surface area contributed by atoms with Crippen LogP contribution in [-0.2, 0) is 16.6 Å². The molecule has 1 fully saturated rings. The molecule has 0 bridgehead atoms. The maximum Gasteiger partial charge on any atom is 0.228 e. The van der Waals surface area contributed by atoms with E-state index in [1.807, 2.05) is 0 Å². The third-order valence-electron chi connectivity index (χ3n) is 3.02. The molecule has 1 atom stereocenters. The number of rotatable bonds is 4. The molecule has 2 heterocycles. The SMILES string of the molecule is Cn1ncc(C(N)=NO)c1NC(=O)CC1CCCO1. The Labute approximate surface area is 110 Å². The lowest BCUT2D eigenvalue weighted by Gasteiger charge is -2.11. The Morgan fingerprint density at radius 3 is 3.21 bits per heavy atom. The fourth-order valence-electron chi connectivity index (χ4n) is 2.02. The van der Waals surface area contributed by atoms with Gasteiger partial charge in [0.2, 0.25) is 5.91 Å². The topological polar surface area (TPSA) is 115 Å². The Morgan fingerprint density at radius 2 is 2.58 bits per heavy atom. The molecule has 8 nitrogen and oxygen atoms in total. The Balaban J connectivity index is 2.05. The van der Waals surface area contributed by atoms with Crippen LogP contribution in [0.1, 0.15) is 24.8 Å². The fourth-order valence-corrected chi connectivity index (χ4v) is 2.02. The van der Waals surface area contributed by atoms with Crippen molar-refractivity contribution in [3.8, 4) is 0 Å². The maximum absolute atomic E-state index is 11.9. The maximum atomic E-state index is 11.9. The molecule has 1 unspecified atom stereocenters. The summed E-state index contributed by atoms with van der Waals surface area (Å²) in [5, 5.41) is 18.3. The number of hydrogen-bond acceptors (Lipinski definition) is 5. The average Bonchev–Trinajstić information content (AvgIpc) is 3.00. The van der Waals surface area contributed by atoms with Crippen LogP contribution in [0.5, 0.6) is 0 Å². The average molecular weight is 267 g/mol. The lowest BCUT2D eigenvalue weighted by atomic mass is 10.2. The molecule has 2 rings (SSSR count). The number of aromatic nitrogens is 2. The minimum Gasteiger partial charge on any atom is -0.409 e. The van der Waals surface area contributed by atoms with Crippen LogP contribution < -0.4 is 11.1 Å². The third kappa shape index (κ3) is 3.02. The second kappa shape index (κ2) is 5.70. The van der Waals surface area contributed by atoms with Gasteiger partial charge >= 0.3 is 0 Å². The molecule has 0 radical (unpaired) electrons. The molecule has 0 spiro atoms. The molecule has 8 heteroatoms. The summed E-state index contributed by atoms with van der Waals surface area (Å²) in [4.78, 5) is 11.9. The number of anilines is 1. The van der Waals surface area contributed by atoms with Gasteiger partial charge in [0.25, 0.3) is 0 Å². The van der Waals surface area contributed by atoms with Gasteiger partial charge < -0.3 is 21.0 Å². The lowest BCUT2D eigenvalue weighted by molar-refractivity contribution is -0.118. The molecule has 1 aliphatic heterocycles. The normalized spacial score (nSPS) is 19.6.